The summed E-state index contributed by atoms with van der Waals surface area (Å²) in [6.07, 6.45) is -4.14. The van der Waals surface area contributed by atoms with Gasteiger partial charge in [-0.1, -0.05) is 30.3 Å². The molecule has 8 nitrogen and oxygen atoms in total. The minimum atomic E-state index is -4.78. The van der Waals surface area contributed by atoms with Gasteiger partial charge in [0.05, 0.1) is 11.2 Å². The van der Waals surface area contributed by atoms with E-state index in [2.05, 4.69) is 5.32 Å². The van der Waals surface area contributed by atoms with Crippen molar-refractivity contribution in [2.75, 3.05) is 6.54 Å². The Bertz CT molecular complexity index is 1420. The van der Waals surface area contributed by atoms with E-state index in [0.29, 0.717) is 27.2 Å². The molecule has 0 unspecified atom stereocenters. The zero-order valence-electron chi connectivity index (χ0n) is 24.0. The number of rotatable bonds is 6. The summed E-state index contributed by atoms with van der Waals surface area (Å²) in [7, 11) is -0.834. The Morgan fingerprint density at radius 2 is 1.69 bits per heavy atom. The van der Waals surface area contributed by atoms with Crippen molar-refractivity contribution in [2.24, 2.45) is 0 Å². The summed E-state index contributed by atoms with van der Waals surface area (Å²) >= 11 is 0. The first kappa shape index (κ1) is 30.0. The van der Waals surface area contributed by atoms with Gasteiger partial charge in [0.2, 0.25) is 5.91 Å². The van der Waals surface area contributed by atoms with Crippen molar-refractivity contribution < 1.29 is 41.3 Å². The maximum atomic E-state index is 14.0. The van der Waals surface area contributed by atoms with Gasteiger partial charge in [-0.2, -0.15) is 13.2 Å². The number of hydrogen-bond donors (Lipinski definition) is 1. The summed E-state index contributed by atoms with van der Waals surface area (Å²) in [5.41, 5.74) is -0.728. The second-order valence-corrected chi connectivity index (χ2v) is 12.1. The molecule has 2 atom stereocenters. The van der Waals surface area contributed by atoms with Crippen molar-refractivity contribution in [3.8, 4) is 0 Å². The number of aryl methyl sites for hydroxylation is 1. The van der Waals surface area contributed by atoms with E-state index in [0.717, 1.165) is 24.6 Å². The van der Waals surface area contributed by atoms with Crippen LogP contribution < -0.4 is 10.8 Å². The van der Waals surface area contributed by atoms with Gasteiger partial charge in [0.15, 0.2) is 0 Å². The molecule has 1 N–H and O–H groups in total. The Kier molecular flexibility index (Phi) is 7.21. The number of benzene rings is 2. The number of carbonyl (C=O) groups is 3. The summed E-state index contributed by atoms with van der Waals surface area (Å²) in [5, 5.41) is 2.74. The second-order valence-electron chi connectivity index (χ2n) is 12.1. The van der Waals surface area contributed by atoms with Crippen LogP contribution in [0.4, 0.5) is 22.4 Å². The predicted molar refractivity (Wildman–Crippen MR) is 145 cm³/mol. The molecule has 2 aliphatic heterocycles. The topological polar surface area (TPSA) is 88.2 Å². The molecule has 2 aromatic carbocycles. The Morgan fingerprint density at radius 3 is 2.29 bits per heavy atom. The van der Waals surface area contributed by atoms with Gasteiger partial charge in [-0.15, -0.1) is 0 Å². The van der Waals surface area contributed by atoms with E-state index in [1.165, 1.54) is 12.1 Å². The molecule has 0 bridgehead atoms. The summed E-state index contributed by atoms with van der Waals surface area (Å²) in [5.74, 6) is -2.39. The van der Waals surface area contributed by atoms with Crippen molar-refractivity contribution >= 4 is 30.4 Å². The van der Waals surface area contributed by atoms with Crippen LogP contribution in [0.25, 0.3) is 0 Å². The number of nitrogens with one attached hydrogen (secondary N) is 1. The largest absolute Gasteiger partial charge is 0.495 e. The minimum absolute atomic E-state index is 0.201. The normalized spacial score (nSPS) is 23.4. The van der Waals surface area contributed by atoms with Crippen LogP contribution in [0, 0.1) is 5.82 Å². The zero-order valence-corrected chi connectivity index (χ0v) is 24.0. The standard InChI is InChI=1S/C29H32BF4N3O5/c1-17(29(32,33)34)36(15-18-9-11-20(31)12-10-18)22(38)16-37-24(39)28(35-25(37)40)14-13-19-7-6-8-21(23(19)28)30-41-26(2,3)27(4,5)42-30/h6-12,17H,13-16H2,1-5H3,(H,35,40)/t17-,28+/m0/s1. The molecule has 4 amide bonds. The third kappa shape index (κ3) is 4.96. The minimum Gasteiger partial charge on any atom is -0.399 e. The van der Waals surface area contributed by atoms with E-state index in [1.807, 2.05) is 39.8 Å². The first-order valence-corrected chi connectivity index (χ1v) is 13.7. The van der Waals surface area contributed by atoms with E-state index < -0.39 is 72.8 Å². The lowest BCUT2D eigenvalue weighted by Crippen LogP contribution is -2.51. The number of fused-ring (bicyclic) bond motifs is 2. The van der Waals surface area contributed by atoms with Crippen molar-refractivity contribution in [2.45, 2.75) is 83.0 Å². The Morgan fingerprint density at radius 1 is 1.07 bits per heavy atom. The summed E-state index contributed by atoms with van der Waals surface area (Å²) in [4.78, 5) is 41.7. The van der Waals surface area contributed by atoms with Crippen LogP contribution in [-0.4, -0.2) is 64.7 Å². The summed E-state index contributed by atoms with van der Waals surface area (Å²) < 4.78 is 67.1. The van der Waals surface area contributed by atoms with Crippen LogP contribution >= 0.6 is 0 Å². The van der Waals surface area contributed by atoms with E-state index >= 15 is 0 Å². The molecule has 3 aliphatic rings. The maximum Gasteiger partial charge on any atom is 0.495 e. The van der Waals surface area contributed by atoms with Crippen LogP contribution in [0.3, 0.4) is 0 Å². The van der Waals surface area contributed by atoms with Crippen molar-refractivity contribution in [3.05, 3.63) is 65.0 Å². The fourth-order valence-corrected chi connectivity index (χ4v) is 5.70. The molecule has 1 spiro atoms. The molecule has 0 radical (unpaired) electrons. The number of hydrogen-bond acceptors (Lipinski definition) is 5. The van der Waals surface area contributed by atoms with Crippen molar-refractivity contribution in [3.63, 3.8) is 0 Å². The molecule has 2 aromatic rings. The molecule has 42 heavy (non-hydrogen) atoms. The summed E-state index contributed by atoms with van der Waals surface area (Å²) in [6.45, 7) is 6.98. The number of urea groups is 1. The van der Waals surface area contributed by atoms with Gasteiger partial charge < -0.3 is 19.5 Å². The smallest absolute Gasteiger partial charge is 0.399 e. The molecule has 0 aromatic heterocycles. The lowest BCUT2D eigenvalue weighted by atomic mass is 9.71. The molecule has 2 heterocycles. The molecule has 13 heteroatoms. The van der Waals surface area contributed by atoms with Gasteiger partial charge in [0.25, 0.3) is 5.91 Å². The van der Waals surface area contributed by atoms with Crippen molar-refractivity contribution in [1.82, 2.24) is 15.1 Å². The number of imide groups is 1. The van der Waals surface area contributed by atoms with E-state index in [-0.39, 0.29) is 12.0 Å². The second kappa shape index (κ2) is 10.1. The SMILES string of the molecule is C[C@H](N(Cc1ccc(F)cc1)C(=O)CN1C(=O)N[C@@]2(CCc3cccc(B4OC(C)(C)C(C)(C)O4)c32)C1=O)C(F)(F)F. The van der Waals surface area contributed by atoms with Gasteiger partial charge in [0.1, 0.15) is 23.9 Å². The fraction of sp³-hybridized carbons (Fsp3) is 0.483. The highest BCUT2D eigenvalue weighted by molar-refractivity contribution is 6.63. The molecule has 0 saturated carbocycles. The Hall–Kier alpha value is -3.45. The molecule has 5 rings (SSSR count). The van der Waals surface area contributed by atoms with E-state index in [9.17, 15) is 31.9 Å². The number of nitrogens with zero attached hydrogens (tertiary/aromatic N) is 2. The lowest BCUT2D eigenvalue weighted by molar-refractivity contribution is -0.187. The molecule has 2 saturated heterocycles. The quantitative estimate of drug-likeness (QED) is 0.315. The number of halogens is 4. The average Bonchev–Trinajstić information content (AvgIpc) is 3.47. The highest BCUT2D eigenvalue weighted by Crippen LogP contribution is 2.43. The van der Waals surface area contributed by atoms with Crippen LogP contribution in [0.1, 0.15) is 57.7 Å². The van der Waals surface area contributed by atoms with Crippen LogP contribution in [-0.2, 0) is 37.4 Å². The first-order chi connectivity index (χ1) is 19.5. The average molecular weight is 589 g/mol. The monoisotopic (exact) mass is 589 g/mol. The lowest BCUT2D eigenvalue weighted by Gasteiger charge is -2.32. The maximum absolute atomic E-state index is 14.0. The Labute approximate surface area is 241 Å². The molecular weight excluding hydrogens is 557 g/mol. The number of alkyl halides is 3. The van der Waals surface area contributed by atoms with Gasteiger partial charge in [-0.25, -0.2) is 9.18 Å². The number of carbonyl (C=O) groups excluding carboxylic acids is 3. The van der Waals surface area contributed by atoms with Gasteiger partial charge in [-0.3, -0.25) is 14.5 Å². The molecule has 1 aliphatic carbocycles. The molecule has 224 valence electrons. The third-order valence-corrected chi connectivity index (χ3v) is 8.88. The van der Waals surface area contributed by atoms with E-state index in [4.69, 9.17) is 9.31 Å². The fourth-order valence-electron chi connectivity index (χ4n) is 5.70. The van der Waals surface area contributed by atoms with Gasteiger partial charge in [0, 0.05) is 6.54 Å². The van der Waals surface area contributed by atoms with Crippen molar-refractivity contribution in [1.29, 1.82) is 0 Å². The third-order valence-electron chi connectivity index (χ3n) is 8.88. The highest BCUT2D eigenvalue weighted by atomic mass is 19.4. The number of amides is 4. The van der Waals surface area contributed by atoms with E-state index in [1.54, 1.807) is 6.07 Å². The van der Waals surface area contributed by atoms with Crippen LogP contribution in [0.5, 0.6) is 0 Å². The highest BCUT2D eigenvalue weighted by Gasteiger charge is 2.60. The van der Waals surface area contributed by atoms with Crippen LogP contribution in [0.15, 0.2) is 42.5 Å². The van der Waals surface area contributed by atoms with Gasteiger partial charge in [-0.05, 0) is 81.7 Å². The first-order valence-electron chi connectivity index (χ1n) is 13.7. The molecular formula is C29H32BF4N3O5. The van der Waals surface area contributed by atoms with Crippen LogP contribution in [0.2, 0.25) is 0 Å². The zero-order chi connectivity index (χ0) is 30.8. The molecule has 2 fully saturated rings. The Balaban J connectivity index is 1.44. The summed E-state index contributed by atoms with van der Waals surface area (Å²) in [6, 6.07) is 6.99. The predicted octanol–water partition coefficient (Wildman–Crippen LogP) is 3.80. The van der Waals surface area contributed by atoms with Gasteiger partial charge >= 0.3 is 19.3 Å².